The van der Waals surface area contributed by atoms with Gasteiger partial charge in [-0.05, 0) is 12.8 Å². The van der Waals surface area contributed by atoms with Gasteiger partial charge in [0.25, 0.3) is 5.91 Å². The average molecular weight is 266 g/mol. The summed E-state index contributed by atoms with van der Waals surface area (Å²) in [6, 6.07) is 1.54. The fourth-order valence-electron chi connectivity index (χ4n) is 1.43. The highest BCUT2D eigenvalue weighted by Crippen LogP contribution is 2.27. The summed E-state index contributed by atoms with van der Waals surface area (Å²) in [4.78, 5) is 15.1. The normalized spacial score (nSPS) is 10.2. The molecule has 0 fully saturated rings. The molecule has 0 saturated heterocycles. The van der Waals surface area contributed by atoms with Crippen molar-refractivity contribution >= 4 is 5.91 Å². The van der Waals surface area contributed by atoms with Crippen molar-refractivity contribution in [3.05, 3.63) is 18.0 Å². The minimum atomic E-state index is -0.569. The molecule has 0 aliphatic carbocycles. The van der Waals surface area contributed by atoms with Crippen LogP contribution in [0.4, 0.5) is 0 Å². The summed E-state index contributed by atoms with van der Waals surface area (Å²) in [6.45, 7) is 5.38. The zero-order valence-corrected chi connectivity index (χ0v) is 11.6. The van der Waals surface area contributed by atoms with Crippen LogP contribution in [0.25, 0.3) is 0 Å². The predicted molar refractivity (Wildman–Crippen MR) is 73.6 cm³/mol. The molecule has 19 heavy (non-hydrogen) atoms. The second-order valence-corrected chi connectivity index (χ2v) is 4.28. The van der Waals surface area contributed by atoms with E-state index in [1.807, 2.05) is 0 Å². The van der Waals surface area contributed by atoms with E-state index in [0.29, 0.717) is 24.7 Å². The molecule has 0 aliphatic rings. The summed E-state index contributed by atoms with van der Waals surface area (Å²) < 4.78 is 11.2. The Morgan fingerprint density at radius 3 is 2.26 bits per heavy atom. The fraction of sp³-hybridized carbons (Fsp3) is 0.571. The number of primary amides is 1. The largest absolute Gasteiger partial charge is 0.490 e. The van der Waals surface area contributed by atoms with Crippen molar-refractivity contribution in [2.75, 3.05) is 13.2 Å². The molecule has 5 nitrogen and oxygen atoms in total. The molecule has 0 aromatic carbocycles. The van der Waals surface area contributed by atoms with Gasteiger partial charge in [0.05, 0.1) is 19.4 Å². The molecule has 0 saturated carbocycles. The third-order valence-corrected chi connectivity index (χ3v) is 2.59. The summed E-state index contributed by atoms with van der Waals surface area (Å²) >= 11 is 0. The molecule has 1 aromatic rings. The van der Waals surface area contributed by atoms with E-state index >= 15 is 0 Å². The SMILES string of the molecule is CCCCOc1cnc(C(N)=O)cc1OCCCC. The molecule has 0 spiro atoms. The zero-order chi connectivity index (χ0) is 14.1. The number of hydrogen-bond acceptors (Lipinski definition) is 4. The Kier molecular flexibility index (Phi) is 6.71. The zero-order valence-electron chi connectivity index (χ0n) is 11.6. The molecule has 0 bridgehead atoms. The Labute approximate surface area is 114 Å². The second-order valence-electron chi connectivity index (χ2n) is 4.28. The van der Waals surface area contributed by atoms with Gasteiger partial charge in [-0.1, -0.05) is 26.7 Å². The number of pyridine rings is 1. The topological polar surface area (TPSA) is 74.4 Å². The maximum atomic E-state index is 11.1. The van der Waals surface area contributed by atoms with E-state index in [9.17, 15) is 4.79 Å². The van der Waals surface area contributed by atoms with E-state index < -0.39 is 5.91 Å². The van der Waals surface area contributed by atoms with Crippen molar-refractivity contribution in [3.63, 3.8) is 0 Å². The summed E-state index contributed by atoms with van der Waals surface area (Å²) in [6.07, 6.45) is 5.50. The Bertz CT molecular complexity index is 408. The van der Waals surface area contributed by atoms with Crippen molar-refractivity contribution in [2.45, 2.75) is 39.5 Å². The first-order chi connectivity index (χ1) is 9.19. The molecule has 0 radical (unpaired) electrons. The molecular formula is C14H22N2O3. The smallest absolute Gasteiger partial charge is 0.267 e. The van der Waals surface area contributed by atoms with E-state index in [4.69, 9.17) is 15.2 Å². The van der Waals surface area contributed by atoms with Crippen molar-refractivity contribution < 1.29 is 14.3 Å². The minimum Gasteiger partial charge on any atom is -0.490 e. The van der Waals surface area contributed by atoms with Gasteiger partial charge in [-0.15, -0.1) is 0 Å². The van der Waals surface area contributed by atoms with Crippen molar-refractivity contribution in [2.24, 2.45) is 5.73 Å². The van der Waals surface area contributed by atoms with Gasteiger partial charge in [-0.3, -0.25) is 4.79 Å². The second kappa shape index (κ2) is 8.34. The van der Waals surface area contributed by atoms with Crippen LogP contribution >= 0.6 is 0 Å². The standard InChI is InChI=1S/C14H22N2O3/c1-3-5-7-18-12-9-11(14(15)17)16-10-13(12)19-8-6-4-2/h9-10H,3-8H2,1-2H3,(H2,15,17). The van der Waals surface area contributed by atoms with Crippen LogP contribution in [0.15, 0.2) is 12.3 Å². The lowest BCUT2D eigenvalue weighted by Gasteiger charge is -2.12. The number of amides is 1. The van der Waals surface area contributed by atoms with Crippen LogP contribution < -0.4 is 15.2 Å². The Morgan fingerprint density at radius 1 is 1.16 bits per heavy atom. The molecule has 0 aliphatic heterocycles. The van der Waals surface area contributed by atoms with Crippen LogP contribution in [0.5, 0.6) is 11.5 Å². The van der Waals surface area contributed by atoms with Crippen molar-refractivity contribution in [1.29, 1.82) is 0 Å². The monoisotopic (exact) mass is 266 g/mol. The fourth-order valence-corrected chi connectivity index (χ4v) is 1.43. The third kappa shape index (κ3) is 5.16. The Hall–Kier alpha value is -1.78. The highest BCUT2D eigenvalue weighted by atomic mass is 16.5. The van der Waals surface area contributed by atoms with Gasteiger partial charge in [-0.2, -0.15) is 0 Å². The molecule has 1 heterocycles. The minimum absolute atomic E-state index is 0.189. The highest BCUT2D eigenvalue weighted by molar-refractivity contribution is 5.91. The van der Waals surface area contributed by atoms with E-state index in [2.05, 4.69) is 18.8 Å². The number of aromatic nitrogens is 1. The highest BCUT2D eigenvalue weighted by Gasteiger charge is 2.11. The Morgan fingerprint density at radius 2 is 1.74 bits per heavy atom. The van der Waals surface area contributed by atoms with Gasteiger partial charge >= 0.3 is 0 Å². The lowest BCUT2D eigenvalue weighted by atomic mass is 10.3. The number of nitrogens with two attached hydrogens (primary N) is 1. The van der Waals surface area contributed by atoms with Crippen LogP contribution in [0.3, 0.4) is 0 Å². The molecular weight excluding hydrogens is 244 g/mol. The molecule has 1 amide bonds. The van der Waals surface area contributed by atoms with E-state index in [1.165, 1.54) is 6.20 Å². The summed E-state index contributed by atoms with van der Waals surface area (Å²) in [5.74, 6) is 0.531. The van der Waals surface area contributed by atoms with Gasteiger partial charge in [0, 0.05) is 6.07 Å². The first-order valence-electron chi connectivity index (χ1n) is 6.74. The summed E-state index contributed by atoms with van der Waals surface area (Å²) in [5, 5.41) is 0. The molecule has 2 N–H and O–H groups in total. The maximum Gasteiger partial charge on any atom is 0.267 e. The molecule has 5 heteroatoms. The van der Waals surface area contributed by atoms with Gasteiger partial charge in [0.1, 0.15) is 5.69 Å². The van der Waals surface area contributed by atoms with E-state index in [-0.39, 0.29) is 5.69 Å². The number of unbranched alkanes of at least 4 members (excludes halogenated alkanes) is 2. The number of carbonyl (C=O) groups excluding carboxylic acids is 1. The van der Waals surface area contributed by atoms with Crippen molar-refractivity contribution in [1.82, 2.24) is 4.98 Å². The van der Waals surface area contributed by atoms with Gasteiger partial charge in [0.15, 0.2) is 11.5 Å². The number of nitrogens with zero attached hydrogens (tertiary/aromatic N) is 1. The molecule has 1 aromatic heterocycles. The van der Waals surface area contributed by atoms with Crippen LogP contribution in [-0.2, 0) is 0 Å². The number of carbonyl (C=O) groups is 1. The first-order valence-corrected chi connectivity index (χ1v) is 6.74. The summed E-state index contributed by atoms with van der Waals surface area (Å²) in [7, 11) is 0. The number of hydrogen-bond donors (Lipinski definition) is 1. The average Bonchev–Trinajstić information content (AvgIpc) is 2.40. The molecule has 0 atom stereocenters. The molecule has 106 valence electrons. The lowest BCUT2D eigenvalue weighted by Crippen LogP contribution is -2.14. The maximum absolute atomic E-state index is 11.1. The van der Waals surface area contributed by atoms with Crippen LogP contribution in [0, 0.1) is 0 Å². The Balaban J connectivity index is 2.78. The van der Waals surface area contributed by atoms with Crippen molar-refractivity contribution in [3.8, 4) is 11.5 Å². The number of rotatable bonds is 9. The third-order valence-electron chi connectivity index (χ3n) is 2.59. The molecule has 1 rings (SSSR count). The van der Waals surface area contributed by atoms with Crippen LogP contribution in [0.2, 0.25) is 0 Å². The van der Waals surface area contributed by atoms with E-state index in [0.717, 1.165) is 25.7 Å². The predicted octanol–water partition coefficient (Wildman–Crippen LogP) is 2.54. The van der Waals surface area contributed by atoms with Gasteiger partial charge in [-0.25, -0.2) is 4.98 Å². The van der Waals surface area contributed by atoms with Crippen LogP contribution in [0.1, 0.15) is 50.0 Å². The van der Waals surface area contributed by atoms with Gasteiger partial charge < -0.3 is 15.2 Å². The van der Waals surface area contributed by atoms with Gasteiger partial charge in [0.2, 0.25) is 0 Å². The number of ether oxygens (including phenoxy) is 2. The molecule has 0 unspecified atom stereocenters. The quantitative estimate of drug-likeness (QED) is 0.697. The first kappa shape index (κ1) is 15.3. The van der Waals surface area contributed by atoms with E-state index in [1.54, 1.807) is 6.07 Å². The van der Waals surface area contributed by atoms with Crippen LogP contribution in [-0.4, -0.2) is 24.1 Å². The lowest BCUT2D eigenvalue weighted by molar-refractivity contribution is 0.0995. The summed E-state index contributed by atoms with van der Waals surface area (Å²) in [5.41, 5.74) is 5.40.